The van der Waals surface area contributed by atoms with Crippen molar-refractivity contribution < 1.29 is 13.2 Å². The Morgan fingerprint density at radius 3 is 2.40 bits per heavy atom. The Balaban J connectivity index is 1.95. The maximum Gasteiger partial charge on any atom is 0.160 e. The summed E-state index contributed by atoms with van der Waals surface area (Å²) in [5.74, 6) is 0.594. The number of carbonyl (C=O) groups excluding carboxylic acids is 1. The van der Waals surface area contributed by atoms with Gasteiger partial charge in [-0.3, -0.25) is 14.6 Å². The van der Waals surface area contributed by atoms with Crippen LogP contribution in [0.15, 0.2) is 6.07 Å². The van der Waals surface area contributed by atoms with Crippen LogP contribution in [0.4, 0.5) is 0 Å². The smallest absolute Gasteiger partial charge is 0.160 e. The molecule has 2 atom stereocenters. The van der Waals surface area contributed by atoms with Crippen LogP contribution in [0.25, 0.3) is 0 Å². The number of fused-ring (bicyclic) bond motifs is 1. The number of piperazine rings is 1. The lowest BCUT2D eigenvalue weighted by atomic mass is 9.90. The molecule has 2 aliphatic heterocycles. The Kier molecular flexibility index (Phi) is 4.81. The third-order valence-corrected chi connectivity index (χ3v) is 7.61. The van der Waals surface area contributed by atoms with Gasteiger partial charge in [0.1, 0.15) is 0 Å². The van der Waals surface area contributed by atoms with E-state index in [4.69, 9.17) is 0 Å². The minimum Gasteiger partial charge on any atom is -0.300 e. The largest absolute Gasteiger partial charge is 0.300 e. The number of nitrogens with zero attached hydrogens (tertiary/aromatic N) is 2. The van der Waals surface area contributed by atoms with E-state index in [1.807, 2.05) is 20.9 Å². The summed E-state index contributed by atoms with van der Waals surface area (Å²) in [5.41, 5.74) is 5.22. The van der Waals surface area contributed by atoms with Crippen molar-refractivity contribution in [1.29, 1.82) is 0 Å². The molecule has 0 spiro atoms. The number of hydrogen-bond acceptors (Lipinski definition) is 5. The van der Waals surface area contributed by atoms with E-state index in [9.17, 15) is 13.2 Å². The van der Waals surface area contributed by atoms with Crippen LogP contribution in [-0.4, -0.2) is 67.7 Å². The first-order valence-electron chi connectivity index (χ1n) is 8.86. The molecular formula is C19H28N2O3S. The molecule has 138 valence electrons. The zero-order valence-corrected chi connectivity index (χ0v) is 16.6. The van der Waals surface area contributed by atoms with E-state index in [0.29, 0.717) is 6.54 Å². The molecule has 5 nitrogen and oxygen atoms in total. The fraction of sp³-hybridized carbons (Fsp3) is 0.632. The average molecular weight is 365 g/mol. The number of aryl methyl sites for hydroxylation is 2. The molecular weight excluding hydrogens is 336 g/mol. The Morgan fingerprint density at radius 2 is 1.76 bits per heavy atom. The quantitative estimate of drug-likeness (QED) is 0.765. The highest BCUT2D eigenvalue weighted by molar-refractivity contribution is 7.91. The molecule has 25 heavy (non-hydrogen) atoms. The predicted molar refractivity (Wildman–Crippen MR) is 99.9 cm³/mol. The number of Topliss-reactive ketones (excluding diaryl/α,β-unsaturated/α-hetero) is 1. The Hall–Kier alpha value is -1.24. The number of ketones is 1. The van der Waals surface area contributed by atoms with Crippen LogP contribution < -0.4 is 0 Å². The van der Waals surface area contributed by atoms with Crippen molar-refractivity contribution in [2.45, 2.75) is 46.3 Å². The van der Waals surface area contributed by atoms with Crippen molar-refractivity contribution in [1.82, 2.24) is 9.80 Å². The average Bonchev–Trinajstić information content (AvgIpc) is 2.81. The standard InChI is InChI=1S/C19H28N2O3S/c1-12-8-13(2)19(15(4)22)14(3)16(12)9-21-7-6-20(5)17-10-25(23,24)11-18(17)21/h8,17-18H,6-7,9-11H2,1-5H3/t17-,18+/m0/s1. The first-order valence-corrected chi connectivity index (χ1v) is 10.7. The van der Waals surface area contributed by atoms with Crippen LogP contribution in [0.1, 0.15) is 39.5 Å². The summed E-state index contributed by atoms with van der Waals surface area (Å²) in [5, 5.41) is 0. The molecule has 0 N–H and O–H groups in total. The zero-order valence-electron chi connectivity index (χ0n) is 15.8. The molecule has 2 aliphatic rings. The van der Waals surface area contributed by atoms with Crippen molar-refractivity contribution in [3.8, 4) is 0 Å². The van der Waals surface area contributed by atoms with Gasteiger partial charge in [0.15, 0.2) is 15.6 Å². The third kappa shape index (κ3) is 3.39. The molecule has 0 saturated carbocycles. The summed E-state index contributed by atoms with van der Waals surface area (Å²) in [7, 11) is -0.953. The number of sulfone groups is 1. The van der Waals surface area contributed by atoms with Crippen LogP contribution in [0, 0.1) is 20.8 Å². The van der Waals surface area contributed by atoms with Gasteiger partial charge in [-0.25, -0.2) is 8.42 Å². The van der Waals surface area contributed by atoms with Crippen LogP contribution in [0.2, 0.25) is 0 Å². The number of likely N-dealkylation sites (N-methyl/N-ethyl adjacent to an activating group) is 1. The van der Waals surface area contributed by atoms with Gasteiger partial charge in [0, 0.05) is 37.3 Å². The predicted octanol–water partition coefficient (Wildman–Crippen LogP) is 1.73. The monoisotopic (exact) mass is 364 g/mol. The van der Waals surface area contributed by atoms with Crippen LogP contribution in [0.5, 0.6) is 0 Å². The Bertz CT molecular complexity index is 816. The van der Waals surface area contributed by atoms with Gasteiger partial charge in [0.05, 0.1) is 11.5 Å². The molecule has 1 aromatic carbocycles. The normalized spacial score (nSPS) is 26.6. The van der Waals surface area contributed by atoms with Crippen molar-refractivity contribution in [3.63, 3.8) is 0 Å². The molecule has 0 bridgehead atoms. The highest BCUT2D eigenvalue weighted by Gasteiger charge is 2.45. The molecule has 0 unspecified atom stereocenters. The van der Waals surface area contributed by atoms with Crippen molar-refractivity contribution >= 4 is 15.6 Å². The van der Waals surface area contributed by atoms with Crippen LogP contribution >= 0.6 is 0 Å². The van der Waals surface area contributed by atoms with Gasteiger partial charge in [-0.2, -0.15) is 0 Å². The fourth-order valence-corrected chi connectivity index (χ4v) is 6.70. The lowest BCUT2D eigenvalue weighted by Gasteiger charge is -2.42. The second-order valence-electron chi connectivity index (χ2n) is 7.71. The summed E-state index contributed by atoms with van der Waals surface area (Å²) in [6.07, 6.45) is 0. The highest BCUT2D eigenvalue weighted by atomic mass is 32.2. The van der Waals surface area contributed by atoms with E-state index in [-0.39, 0.29) is 29.4 Å². The number of carbonyl (C=O) groups is 1. The number of rotatable bonds is 3. The zero-order chi connectivity index (χ0) is 18.5. The van der Waals surface area contributed by atoms with E-state index < -0.39 is 9.84 Å². The van der Waals surface area contributed by atoms with E-state index in [0.717, 1.165) is 29.8 Å². The lowest BCUT2D eigenvalue weighted by Crippen LogP contribution is -2.57. The molecule has 0 radical (unpaired) electrons. The molecule has 2 saturated heterocycles. The molecule has 0 aromatic heterocycles. The van der Waals surface area contributed by atoms with E-state index >= 15 is 0 Å². The summed E-state index contributed by atoms with van der Waals surface area (Å²) < 4.78 is 24.3. The Morgan fingerprint density at radius 1 is 1.12 bits per heavy atom. The van der Waals surface area contributed by atoms with E-state index in [1.165, 1.54) is 11.1 Å². The second-order valence-corrected chi connectivity index (χ2v) is 9.86. The van der Waals surface area contributed by atoms with Crippen LogP contribution in [-0.2, 0) is 16.4 Å². The van der Waals surface area contributed by atoms with Crippen molar-refractivity contribution in [2.24, 2.45) is 0 Å². The van der Waals surface area contributed by atoms with Gasteiger partial charge >= 0.3 is 0 Å². The number of benzene rings is 1. The highest BCUT2D eigenvalue weighted by Crippen LogP contribution is 2.30. The van der Waals surface area contributed by atoms with E-state index in [2.05, 4.69) is 22.8 Å². The SMILES string of the molecule is CC(=O)c1c(C)cc(C)c(CN2CCN(C)[C@H]3CS(=O)(=O)C[C@H]32)c1C. The van der Waals surface area contributed by atoms with E-state index in [1.54, 1.807) is 6.92 Å². The molecule has 6 heteroatoms. The second kappa shape index (κ2) is 6.49. The van der Waals surface area contributed by atoms with Gasteiger partial charge < -0.3 is 0 Å². The van der Waals surface area contributed by atoms with Crippen molar-refractivity contribution in [3.05, 3.63) is 33.9 Å². The Labute approximate surface area is 150 Å². The first-order chi connectivity index (χ1) is 11.6. The summed E-state index contributed by atoms with van der Waals surface area (Å²) >= 11 is 0. The summed E-state index contributed by atoms with van der Waals surface area (Å²) in [6, 6.07) is 2.21. The topological polar surface area (TPSA) is 57.7 Å². The van der Waals surface area contributed by atoms with Gasteiger partial charge in [-0.15, -0.1) is 0 Å². The number of hydrogen-bond donors (Lipinski definition) is 0. The molecule has 1 aromatic rings. The van der Waals surface area contributed by atoms with Gasteiger partial charge in [0.25, 0.3) is 0 Å². The third-order valence-electron chi connectivity index (χ3n) is 5.91. The minimum absolute atomic E-state index is 0.0460. The van der Waals surface area contributed by atoms with Gasteiger partial charge in [0.2, 0.25) is 0 Å². The van der Waals surface area contributed by atoms with Crippen molar-refractivity contribution in [2.75, 3.05) is 31.6 Å². The molecule has 2 heterocycles. The minimum atomic E-state index is -2.97. The van der Waals surface area contributed by atoms with Gasteiger partial charge in [-0.1, -0.05) is 6.07 Å². The first kappa shape index (κ1) is 18.5. The molecule has 0 aliphatic carbocycles. The molecule has 3 rings (SSSR count). The lowest BCUT2D eigenvalue weighted by molar-refractivity contribution is 0.0570. The molecule has 2 fully saturated rings. The summed E-state index contributed by atoms with van der Waals surface area (Å²) in [6.45, 7) is 10.1. The summed E-state index contributed by atoms with van der Waals surface area (Å²) in [4.78, 5) is 16.5. The van der Waals surface area contributed by atoms with Gasteiger partial charge in [-0.05, 0) is 57.0 Å². The fourth-order valence-electron chi connectivity index (χ4n) is 4.61. The molecule has 0 amide bonds. The maximum atomic E-state index is 12.2. The van der Waals surface area contributed by atoms with Crippen LogP contribution in [0.3, 0.4) is 0 Å². The maximum absolute atomic E-state index is 12.2.